The lowest BCUT2D eigenvalue weighted by Crippen LogP contribution is -2.51. The van der Waals surface area contributed by atoms with Crippen molar-refractivity contribution in [2.24, 2.45) is 9.98 Å². The second kappa shape index (κ2) is 12.2. The number of ether oxygens (including phenoxy) is 2. The summed E-state index contributed by atoms with van der Waals surface area (Å²) in [7, 11) is -1.25. The predicted molar refractivity (Wildman–Crippen MR) is 148 cm³/mol. The van der Waals surface area contributed by atoms with Gasteiger partial charge < -0.3 is 19.5 Å². The highest BCUT2D eigenvalue weighted by Crippen LogP contribution is 2.37. The molecule has 4 rings (SSSR count). The number of hydrogen-bond donors (Lipinski definition) is 2. The van der Waals surface area contributed by atoms with Crippen LogP contribution in [0.1, 0.15) is 13.3 Å². The Kier molecular flexibility index (Phi) is 8.74. The van der Waals surface area contributed by atoms with Crippen LogP contribution in [-0.2, 0) is 10.0 Å². The van der Waals surface area contributed by atoms with Crippen LogP contribution in [0, 0.1) is 0 Å². The molecule has 1 saturated heterocycles. The number of allylic oxidation sites excluding steroid dienone is 1. The first-order valence-electron chi connectivity index (χ1n) is 12.1. The fraction of sp³-hybridized carbons (Fsp3) is 0.320. The number of hydrogen-bond acceptors (Lipinski definition) is 9. The molecule has 0 saturated carbocycles. The molecule has 1 aliphatic heterocycles. The zero-order chi connectivity index (χ0) is 28.9. The number of pyridine rings is 1. The van der Waals surface area contributed by atoms with Crippen LogP contribution in [0.2, 0.25) is 0 Å². The van der Waals surface area contributed by atoms with Gasteiger partial charge in [-0.2, -0.15) is 0 Å². The highest BCUT2D eigenvalue weighted by Gasteiger charge is 2.37. The Morgan fingerprint density at radius 1 is 1.20 bits per heavy atom. The number of piperidine rings is 1. The van der Waals surface area contributed by atoms with Crippen molar-refractivity contribution in [3.05, 3.63) is 54.8 Å². The molecule has 1 aliphatic rings. The minimum absolute atomic E-state index is 0.0169. The number of para-hydroxylation sites is 1. The number of sulfonamides is 1. The lowest BCUT2D eigenvalue weighted by molar-refractivity contribution is 0.104. The van der Waals surface area contributed by atoms with Crippen LogP contribution in [0.3, 0.4) is 0 Å². The third kappa shape index (κ3) is 6.10. The molecule has 0 aliphatic carbocycles. The van der Waals surface area contributed by atoms with Crippen molar-refractivity contribution in [1.82, 2.24) is 24.6 Å². The average molecular weight is 573 g/mol. The summed E-state index contributed by atoms with van der Waals surface area (Å²) in [5.41, 5.74) is 0.916. The number of methoxy groups -OCH3 is 2. The molecule has 0 unspecified atom stereocenters. The van der Waals surface area contributed by atoms with Crippen LogP contribution in [-0.4, -0.2) is 89.5 Å². The van der Waals surface area contributed by atoms with Crippen molar-refractivity contribution < 1.29 is 27.4 Å². The number of nitrogens with one attached hydrogen (secondary N) is 1. The molecule has 3 heterocycles. The Hall–Kier alpha value is -4.37. The van der Waals surface area contributed by atoms with E-state index in [1.807, 2.05) is 0 Å². The van der Waals surface area contributed by atoms with E-state index in [4.69, 9.17) is 9.47 Å². The second-order valence-electron chi connectivity index (χ2n) is 8.80. The van der Waals surface area contributed by atoms with E-state index in [-0.39, 0.29) is 37.2 Å². The molecule has 2 N–H and O–H groups in total. The van der Waals surface area contributed by atoms with Crippen LogP contribution in [0.5, 0.6) is 11.5 Å². The van der Waals surface area contributed by atoms with Gasteiger partial charge in [-0.05, 0) is 44.3 Å². The van der Waals surface area contributed by atoms with E-state index in [2.05, 4.69) is 36.6 Å². The van der Waals surface area contributed by atoms with E-state index >= 15 is 0 Å². The van der Waals surface area contributed by atoms with Crippen molar-refractivity contribution in [2.75, 3.05) is 32.0 Å². The van der Waals surface area contributed by atoms with Gasteiger partial charge >= 0.3 is 0 Å². The number of rotatable bonds is 8. The summed E-state index contributed by atoms with van der Waals surface area (Å²) in [6.07, 6.45) is 2.99. The van der Waals surface area contributed by atoms with Crippen LogP contribution in [0.15, 0.2) is 64.7 Å². The first-order chi connectivity index (χ1) is 19.2. The number of benzene rings is 1. The molecular weight excluding hydrogens is 543 g/mol. The topological polar surface area (TPSA) is 156 Å². The number of likely N-dealkylation sites (tertiary alicyclic amines) is 1. The number of halogens is 1. The van der Waals surface area contributed by atoms with Crippen molar-refractivity contribution >= 4 is 28.6 Å². The normalized spacial score (nSPS) is 18.4. The number of nitrogens with zero attached hydrogens (tertiary/aromatic N) is 7. The fourth-order valence-electron chi connectivity index (χ4n) is 4.29. The minimum atomic E-state index is -4.19. The largest absolute Gasteiger partial charge is 0.494 e. The maximum Gasteiger partial charge on any atom is 0.243 e. The van der Waals surface area contributed by atoms with Gasteiger partial charge in [0.2, 0.25) is 21.9 Å². The first kappa shape index (κ1) is 28.6. The fourth-order valence-corrected chi connectivity index (χ4v) is 5.70. The van der Waals surface area contributed by atoms with Gasteiger partial charge in [-0.15, -0.1) is 10.2 Å². The average Bonchev–Trinajstić information content (AvgIpc) is 3.35. The molecule has 2 atom stereocenters. The van der Waals surface area contributed by atoms with Crippen molar-refractivity contribution in [3.63, 3.8) is 0 Å². The Bertz CT molecular complexity index is 1500. The number of anilines is 1. The van der Waals surface area contributed by atoms with Crippen molar-refractivity contribution in [2.45, 2.75) is 24.7 Å². The van der Waals surface area contributed by atoms with Crippen molar-refractivity contribution in [1.29, 1.82) is 0 Å². The second-order valence-corrected chi connectivity index (χ2v) is 10.8. The molecule has 1 fully saturated rings. The van der Waals surface area contributed by atoms with E-state index in [9.17, 15) is 17.9 Å². The zero-order valence-electron chi connectivity index (χ0n) is 22.1. The summed E-state index contributed by atoms with van der Waals surface area (Å²) in [5, 5.41) is 17.8. The number of guanidine groups is 1. The SMILES string of the molecule is C=NC(=N/C=C(\C)F)N1C[C@H](O)C[C@H](S(=O)(=O)Nc2nnc(-c3cccnc3)n2-c2c(OC)cccc2OC)C1. The van der Waals surface area contributed by atoms with E-state index in [0.717, 1.165) is 6.20 Å². The lowest BCUT2D eigenvalue weighted by Gasteiger charge is -2.35. The molecule has 0 radical (unpaired) electrons. The molecule has 0 amide bonds. The van der Waals surface area contributed by atoms with Gasteiger partial charge in [0, 0.05) is 31.0 Å². The van der Waals surface area contributed by atoms with Gasteiger partial charge in [0.25, 0.3) is 0 Å². The van der Waals surface area contributed by atoms with Gasteiger partial charge in [0.1, 0.15) is 28.3 Å². The molecule has 13 nitrogen and oxygen atoms in total. The van der Waals surface area contributed by atoms with Crippen LogP contribution in [0.4, 0.5) is 10.3 Å². The number of aromatic nitrogens is 4. The third-order valence-corrected chi connectivity index (χ3v) is 7.74. The van der Waals surface area contributed by atoms with Gasteiger partial charge in [-0.25, -0.2) is 22.8 Å². The van der Waals surface area contributed by atoms with Gasteiger partial charge in [0.15, 0.2) is 5.82 Å². The monoisotopic (exact) mass is 572 g/mol. The molecule has 0 spiro atoms. The predicted octanol–water partition coefficient (Wildman–Crippen LogP) is 2.41. The highest BCUT2D eigenvalue weighted by atomic mass is 32.2. The van der Waals surface area contributed by atoms with Gasteiger partial charge in [0.05, 0.1) is 26.5 Å². The van der Waals surface area contributed by atoms with Crippen LogP contribution < -0.4 is 14.2 Å². The zero-order valence-corrected chi connectivity index (χ0v) is 22.9. The first-order valence-corrected chi connectivity index (χ1v) is 13.6. The smallest absolute Gasteiger partial charge is 0.243 e. The Morgan fingerprint density at radius 2 is 1.93 bits per heavy atom. The molecule has 212 valence electrons. The van der Waals surface area contributed by atoms with Gasteiger partial charge in [-0.3, -0.25) is 14.3 Å². The molecule has 3 aromatic rings. The Morgan fingerprint density at radius 3 is 2.52 bits per heavy atom. The standard InChI is InChI=1S/C25H29FN8O5S/c1-16(26)12-29-24(27-2)33-14-18(35)11-19(15-33)40(36,37)32-25-31-30-23(17-7-6-10-28-13-17)34(25)22-20(38-3)8-5-9-21(22)39-4/h5-10,12-13,18-19,35H,2,11,14-15H2,1,3-4H3,(H,31,32)/b16-12+,29-24?/t18-,19+/m1/s1. The minimum Gasteiger partial charge on any atom is -0.494 e. The molecule has 15 heteroatoms. The number of β-amino-alcohol motifs (C(OH)–C–C–N with tert-alkyl or cyclic N) is 1. The van der Waals surface area contributed by atoms with Crippen molar-refractivity contribution in [3.8, 4) is 28.6 Å². The molecule has 40 heavy (non-hydrogen) atoms. The van der Waals surface area contributed by atoms with Crippen LogP contribution >= 0.6 is 0 Å². The van der Waals surface area contributed by atoms with Gasteiger partial charge in [-0.1, -0.05) is 6.07 Å². The summed E-state index contributed by atoms with van der Waals surface area (Å²) >= 11 is 0. The Labute approximate surface area is 230 Å². The summed E-state index contributed by atoms with van der Waals surface area (Å²) in [6, 6.07) is 8.57. The molecule has 0 bridgehead atoms. The molecule has 1 aromatic carbocycles. The van der Waals surface area contributed by atoms with E-state index in [1.54, 1.807) is 42.7 Å². The summed E-state index contributed by atoms with van der Waals surface area (Å²) < 4.78 is 55.8. The summed E-state index contributed by atoms with van der Waals surface area (Å²) in [4.78, 5) is 13.3. The maximum absolute atomic E-state index is 13.7. The summed E-state index contributed by atoms with van der Waals surface area (Å²) in [6.45, 7) is 4.59. The number of aliphatic hydroxyl groups excluding tert-OH is 1. The van der Waals surface area contributed by atoms with E-state index < -0.39 is 27.2 Å². The molecule has 2 aromatic heterocycles. The van der Waals surface area contributed by atoms with E-state index in [0.29, 0.717) is 22.7 Å². The molecular formula is C25H29FN8O5S. The highest BCUT2D eigenvalue weighted by molar-refractivity contribution is 7.93. The maximum atomic E-state index is 13.7. The third-order valence-electron chi connectivity index (χ3n) is 6.05. The van der Waals surface area contributed by atoms with Crippen LogP contribution in [0.25, 0.3) is 17.1 Å². The number of aliphatic imine (C=N–C) groups is 2. The number of aliphatic hydroxyl groups is 1. The van der Waals surface area contributed by atoms with E-state index in [1.165, 1.54) is 30.6 Å². The quantitative estimate of drug-likeness (QED) is 0.306. The lowest BCUT2D eigenvalue weighted by atomic mass is 10.1. The summed E-state index contributed by atoms with van der Waals surface area (Å²) in [5.74, 6) is 0.297. The Balaban J connectivity index is 1.77.